The van der Waals surface area contributed by atoms with Gasteiger partial charge < -0.3 is 124 Å². The second-order valence-electron chi connectivity index (χ2n) is 13.5. The fraction of sp³-hybridized carbons (Fsp3) is 1.00. The number of hydrogen-bond donors (Lipinski definition) is 16. The van der Waals surface area contributed by atoms with Crippen LogP contribution in [0.25, 0.3) is 0 Å². The first-order valence-corrected chi connectivity index (χ1v) is 17.0. The molecule has 25 nitrogen and oxygen atoms in total. The van der Waals surface area contributed by atoms with Crippen molar-refractivity contribution in [3.8, 4) is 0 Å². The van der Waals surface area contributed by atoms with Gasteiger partial charge in [0.1, 0.15) is 116 Å². The molecule has 0 aromatic carbocycles. The smallest absolute Gasteiger partial charge is 0.187 e. The topological polar surface area (TPSA) is 407 Å². The van der Waals surface area contributed by atoms with Crippen LogP contribution in [0.3, 0.4) is 0 Å². The quantitative estimate of drug-likeness (QED) is 0.0822. The Balaban J connectivity index is 1.21. The van der Waals surface area contributed by atoms with Gasteiger partial charge in [0.15, 0.2) is 31.5 Å². The van der Waals surface area contributed by atoms with Crippen molar-refractivity contribution in [1.29, 1.82) is 0 Å². The molecule has 24 atom stereocenters. The van der Waals surface area contributed by atoms with Crippen LogP contribution in [-0.2, 0) is 42.6 Å². The first-order chi connectivity index (χ1) is 25.6. The molecule has 0 amide bonds. The minimum atomic E-state index is -2.09. The van der Waals surface area contributed by atoms with E-state index in [1.807, 2.05) is 0 Å². The molecule has 5 heterocycles. The molecule has 0 spiro atoms. The zero-order valence-corrected chi connectivity index (χ0v) is 28.2. The highest BCUT2D eigenvalue weighted by Gasteiger charge is 2.55. The van der Waals surface area contributed by atoms with Crippen LogP contribution in [0.15, 0.2) is 0 Å². The van der Waals surface area contributed by atoms with E-state index in [2.05, 4.69) is 0 Å². The number of hydrogen-bond acceptors (Lipinski definition) is 25. The highest BCUT2D eigenvalue weighted by molar-refractivity contribution is 4.98. The maximum absolute atomic E-state index is 11.1. The van der Waals surface area contributed by atoms with Gasteiger partial charge in [0.2, 0.25) is 0 Å². The van der Waals surface area contributed by atoms with E-state index >= 15 is 0 Å². The van der Waals surface area contributed by atoms with E-state index < -0.39 is 180 Å². The third-order valence-corrected chi connectivity index (χ3v) is 9.95. The summed E-state index contributed by atoms with van der Waals surface area (Å²) in [6, 6.07) is 0. The van der Waals surface area contributed by atoms with Gasteiger partial charge in [-0.25, -0.2) is 0 Å². The summed E-state index contributed by atoms with van der Waals surface area (Å²) in [5.41, 5.74) is 0. The number of aliphatic hydroxyl groups excluding tert-OH is 16. The third kappa shape index (κ3) is 8.85. The monoisotopic (exact) mass is 798 g/mol. The van der Waals surface area contributed by atoms with Gasteiger partial charge in [-0.2, -0.15) is 0 Å². The standard InChI is InChI=1S/C29H50O25/c30-1-6-11(34)18(41)26(48-6)46-5-10-12(35)13(36)19(42)27(51-10)53-23-8(3-32)50-29(21(44)15(23)38)54-24-9(4-33)49-28(20(43)16(24)39)52-22-7(2-31)47-25(45)17(40)14(22)37/h6-45H,1-5H2/t6-,7+,8+,9+,10+,11-,12+,13-,14+,15+,16+,17+,18+,19+,20+,21+,22+,23+,24+,25+,26+,27+,28+,29+/m0/s1. The highest BCUT2D eigenvalue weighted by Crippen LogP contribution is 2.34. The Kier molecular flexibility index (Phi) is 15.3. The van der Waals surface area contributed by atoms with Gasteiger partial charge in [-0.05, 0) is 0 Å². The van der Waals surface area contributed by atoms with Crippen molar-refractivity contribution in [2.75, 3.05) is 33.0 Å². The molecule has 54 heavy (non-hydrogen) atoms. The van der Waals surface area contributed by atoms with E-state index in [9.17, 15) is 81.7 Å². The molecule has 5 aliphatic heterocycles. The Morgan fingerprint density at radius 2 is 0.648 bits per heavy atom. The van der Waals surface area contributed by atoms with Crippen LogP contribution in [0, 0.1) is 0 Å². The Morgan fingerprint density at radius 1 is 0.315 bits per heavy atom. The van der Waals surface area contributed by atoms with E-state index in [-0.39, 0.29) is 0 Å². The van der Waals surface area contributed by atoms with E-state index in [0.717, 1.165) is 0 Å². The molecule has 5 rings (SSSR count). The van der Waals surface area contributed by atoms with Crippen LogP contribution < -0.4 is 0 Å². The van der Waals surface area contributed by atoms with Gasteiger partial charge in [-0.1, -0.05) is 0 Å². The summed E-state index contributed by atoms with van der Waals surface area (Å²) >= 11 is 0. The number of ether oxygens (including phenoxy) is 9. The fourth-order valence-corrected chi connectivity index (χ4v) is 6.73. The number of aliphatic hydroxyl groups is 16. The van der Waals surface area contributed by atoms with Gasteiger partial charge in [0.25, 0.3) is 0 Å². The zero-order valence-electron chi connectivity index (χ0n) is 28.2. The largest absolute Gasteiger partial charge is 0.394 e. The second kappa shape index (κ2) is 18.7. The van der Waals surface area contributed by atoms with Gasteiger partial charge >= 0.3 is 0 Å². The van der Waals surface area contributed by atoms with E-state index in [0.29, 0.717) is 0 Å². The van der Waals surface area contributed by atoms with Crippen molar-refractivity contribution < 1.29 is 124 Å². The summed E-state index contributed by atoms with van der Waals surface area (Å²) < 4.78 is 48.9. The number of rotatable bonds is 13. The summed E-state index contributed by atoms with van der Waals surface area (Å²) in [5.74, 6) is 0. The Bertz CT molecular complexity index is 1150. The SMILES string of the molecule is OC[C@@H]1O[C@@H](OC[C@H]2O[C@H](O[C@H]3[C@H](O)[C@@H](O)[C@@H](O[C@H]4[C@H](O)[C@@H](O)[C@@H](O[C@H]5[C@H](O)[C@@H](O)[C@H](O)O[C@@H]5CO)O[C@@H]4CO)O[C@@H]3CO)[C@H](O)[C@@H](O)[C@@H]2O)[C@H](O)[C@H]1O. The molecule has 316 valence electrons. The van der Waals surface area contributed by atoms with Gasteiger partial charge in [-0.3, -0.25) is 0 Å². The molecule has 16 N–H and O–H groups in total. The molecule has 25 heteroatoms. The lowest BCUT2D eigenvalue weighted by molar-refractivity contribution is -0.388. The average Bonchev–Trinajstić information content (AvgIpc) is 3.44. The van der Waals surface area contributed by atoms with Gasteiger partial charge in [0, 0.05) is 0 Å². The minimum absolute atomic E-state index is 0.638. The summed E-state index contributed by atoms with van der Waals surface area (Å²) in [4.78, 5) is 0. The summed E-state index contributed by atoms with van der Waals surface area (Å²) in [6.07, 6.45) is -42.4. The molecular weight excluding hydrogens is 748 g/mol. The third-order valence-electron chi connectivity index (χ3n) is 9.95. The predicted octanol–water partition coefficient (Wildman–Crippen LogP) is -11.3. The molecule has 5 fully saturated rings. The van der Waals surface area contributed by atoms with Crippen molar-refractivity contribution in [3.05, 3.63) is 0 Å². The molecule has 0 saturated carbocycles. The summed E-state index contributed by atoms with van der Waals surface area (Å²) in [5, 5.41) is 165. The van der Waals surface area contributed by atoms with Crippen molar-refractivity contribution in [3.63, 3.8) is 0 Å². The summed E-state index contributed by atoms with van der Waals surface area (Å²) in [6.45, 7) is -4.01. The molecule has 0 aromatic rings. The molecule has 0 aromatic heterocycles. The van der Waals surface area contributed by atoms with Gasteiger partial charge in [-0.15, -0.1) is 0 Å². The molecule has 0 aliphatic carbocycles. The predicted molar refractivity (Wildman–Crippen MR) is 161 cm³/mol. The molecule has 0 bridgehead atoms. The van der Waals surface area contributed by atoms with E-state index in [1.54, 1.807) is 0 Å². The normalized spacial score (nSPS) is 53.1. The van der Waals surface area contributed by atoms with Crippen LogP contribution in [0.5, 0.6) is 0 Å². The highest BCUT2D eigenvalue weighted by atomic mass is 16.8. The maximum atomic E-state index is 11.1. The second-order valence-corrected chi connectivity index (χ2v) is 13.5. The molecular formula is C29H50O25. The summed E-state index contributed by atoms with van der Waals surface area (Å²) in [7, 11) is 0. The lowest BCUT2D eigenvalue weighted by atomic mass is 9.95. The van der Waals surface area contributed by atoms with Crippen molar-refractivity contribution in [2.45, 2.75) is 147 Å². The van der Waals surface area contributed by atoms with Crippen molar-refractivity contribution in [1.82, 2.24) is 0 Å². The minimum Gasteiger partial charge on any atom is -0.394 e. The zero-order chi connectivity index (χ0) is 39.8. The molecule has 5 aliphatic rings. The Morgan fingerprint density at radius 3 is 1.07 bits per heavy atom. The maximum Gasteiger partial charge on any atom is 0.187 e. The molecule has 0 unspecified atom stereocenters. The van der Waals surface area contributed by atoms with E-state index in [4.69, 9.17) is 42.6 Å². The Hall–Kier alpha value is -1.00. The average molecular weight is 799 g/mol. The Labute approximate surface area is 305 Å². The van der Waals surface area contributed by atoms with Crippen LogP contribution in [-0.4, -0.2) is 262 Å². The van der Waals surface area contributed by atoms with Crippen molar-refractivity contribution in [2.24, 2.45) is 0 Å². The first kappa shape index (κ1) is 44.1. The van der Waals surface area contributed by atoms with Crippen LogP contribution in [0.2, 0.25) is 0 Å². The first-order valence-electron chi connectivity index (χ1n) is 17.0. The van der Waals surface area contributed by atoms with Crippen LogP contribution >= 0.6 is 0 Å². The van der Waals surface area contributed by atoms with Crippen LogP contribution in [0.4, 0.5) is 0 Å². The fourth-order valence-electron chi connectivity index (χ4n) is 6.73. The lowest BCUT2D eigenvalue weighted by Crippen LogP contribution is -2.67. The molecule has 5 saturated heterocycles. The van der Waals surface area contributed by atoms with E-state index in [1.165, 1.54) is 0 Å². The van der Waals surface area contributed by atoms with Crippen molar-refractivity contribution >= 4 is 0 Å². The van der Waals surface area contributed by atoms with Crippen LogP contribution in [0.1, 0.15) is 0 Å². The van der Waals surface area contributed by atoms with Gasteiger partial charge in [0.05, 0.1) is 33.0 Å². The molecule has 0 radical (unpaired) electrons. The lowest BCUT2D eigenvalue weighted by Gasteiger charge is -2.49.